The average molecular weight is 425 g/mol. The van der Waals surface area contributed by atoms with Crippen LogP contribution in [0.3, 0.4) is 0 Å². The molecule has 5 rings (SSSR count). The van der Waals surface area contributed by atoms with Gasteiger partial charge in [-0.2, -0.15) is 5.10 Å². The smallest absolute Gasteiger partial charge is 0.269 e. The summed E-state index contributed by atoms with van der Waals surface area (Å²) in [4.78, 5) is 43.8. The third kappa shape index (κ3) is 3.55. The van der Waals surface area contributed by atoms with Crippen molar-refractivity contribution in [1.82, 2.24) is 25.0 Å². The van der Waals surface area contributed by atoms with Gasteiger partial charge in [0.25, 0.3) is 5.91 Å². The quantitative estimate of drug-likeness (QED) is 0.718. The minimum Gasteiger partial charge on any atom is -0.364 e. The lowest BCUT2D eigenvalue weighted by Gasteiger charge is -2.27. The summed E-state index contributed by atoms with van der Waals surface area (Å²) in [6.07, 6.45) is 8.39. The molecule has 3 fully saturated rings. The Morgan fingerprint density at radius 1 is 1.26 bits per heavy atom. The Morgan fingerprint density at radius 3 is 2.84 bits per heavy atom. The fourth-order valence-electron chi connectivity index (χ4n) is 5.46. The molecule has 9 nitrogen and oxygen atoms in total. The summed E-state index contributed by atoms with van der Waals surface area (Å²) in [5.74, 6) is 0.704. The normalized spacial score (nSPS) is 29.2. The van der Waals surface area contributed by atoms with Crippen molar-refractivity contribution in [3.8, 4) is 0 Å². The van der Waals surface area contributed by atoms with Gasteiger partial charge in [-0.25, -0.2) is 0 Å². The Hall–Kier alpha value is -2.97. The number of carbonyl (C=O) groups is 3. The van der Waals surface area contributed by atoms with Crippen LogP contribution >= 0.6 is 0 Å². The first kappa shape index (κ1) is 20.0. The van der Waals surface area contributed by atoms with Gasteiger partial charge in [-0.3, -0.25) is 24.0 Å². The van der Waals surface area contributed by atoms with Crippen molar-refractivity contribution in [3.63, 3.8) is 0 Å². The first-order chi connectivity index (χ1) is 14.9. The van der Waals surface area contributed by atoms with Crippen molar-refractivity contribution < 1.29 is 14.4 Å². The second-order valence-corrected chi connectivity index (χ2v) is 9.29. The van der Waals surface area contributed by atoms with Gasteiger partial charge < -0.3 is 16.0 Å². The van der Waals surface area contributed by atoms with E-state index in [1.54, 1.807) is 23.4 Å². The number of nitrogens with two attached hydrogens (primary N) is 1. The number of nitrogens with one attached hydrogen (secondary N) is 1. The molecule has 0 bridgehead atoms. The van der Waals surface area contributed by atoms with Crippen molar-refractivity contribution in [2.45, 2.75) is 57.7 Å². The van der Waals surface area contributed by atoms with E-state index >= 15 is 0 Å². The fourth-order valence-corrected chi connectivity index (χ4v) is 5.46. The fraction of sp³-hybridized carbons (Fsp3) is 0.591. The van der Waals surface area contributed by atoms with E-state index in [9.17, 15) is 14.4 Å². The largest absolute Gasteiger partial charge is 0.364 e. The number of hydrogen-bond donors (Lipinski definition) is 2. The van der Waals surface area contributed by atoms with E-state index < -0.39 is 11.9 Å². The number of piperidine rings is 1. The highest BCUT2D eigenvalue weighted by atomic mass is 16.2. The van der Waals surface area contributed by atoms with Gasteiger partial charge in [0.15, 0.2) is 5.69 Å². The zero-order valence-electron chi connectivity index (χ0n) is 17.7. The molecule has 1 aliphatic heterocycles. The first-order valence-electron chi connectivity index (χ1n) is 11.1. The minimum absolute atomic E-state index is 0.0514. The molecular formula is C22H28N6O3. The number of hydrogen-bond acceptors (Lipinski definition) is 5. The van der Waals surface area contributed by atoms with Gasteiger partial charge in [0, 0.05) is 24.2 Å². The van der Waals surface area contributed by atoms with E-state index in [0.29, 0.717) is 35.2 Å². The molecule has 0 radical (unpaired) electrons. The third-order valence-corrected chi connectivity index (χ3v) is 7.34. The van der Waals surface area contributed by atoms with E-state index in [1.807, 2.05) is 0 Å². The Kier molecular flexibility index (Phi) is 4.91. The van der Waals surface area contributed by atoms with Gasteiger partial charge in [0.2, 0.25) is 11.8 Å². The molecule has 9 heteroatoms. The maximum atomic E-state index is 13.3. The van der Waals surface area contributed by atoms with Crippen LogP contribution in [0.4, 0.5) is 0 Å². The Bertz CT molecular complexity index is 1050. The van der Waals surface area contributed by atoms with Crippen molar-refractivity contribution in [2.75, 3.05) is 6.54 Å². The molecule has 1 saturated heterocycles. The molecular weight excluding hydrogens is 396 g/mol. The monoisotopic (exact) mass is 424 g/mol. The Morgan fingerprint density at radius 2 is 2.10 bits per heavy atom. The average Bonchev–Trinajstić information content (AvgIpc) is 3.08. The van der Waals surface area contributed by atoms with E-state index in [-0.39, 0.29) is 30.1 Å². The number of fused-ring (bicyclic) bond motifs is 2. The number of aromatic nitrogens is 3. The summed E-state index contributed by atoms with van der Waals surface area (Å²) in [5.41, 5.74) is 6.15. The van der Waals surface area contributed by atoms with Gasteiger partial charge in [-0.1, -0.05) is 19.8 Å². The molecule has 2 aromatic rings. The van der Waals surface area contributed by atoms with E-state index in [0.717, 1.165) is 19.3 Å². The van der Waals surface area contributed by atoms with Crippen LogP contribution in [0.15, 0.2) is 18.5 Å². The number of pyridine rings is 1. The van der Waals surface area contributed by atoms with Crippen molar-refractivity contribution in [1.29, 1.82) is 0 Å². The highest BCUT2D eigenvalue weighted by Crippen LogP contribution is 2.48. The van der Waals surface area contributed by atoms with Gasteiger partial charge in [0.05, 0.1) is 11.7 Å². The van der Waals surface area contributed by atoms with Crippen molar-refractivity contribution in [3.05, 3.63) is 24.2 Å². The lowest BCUT2D eigenvalue weighted by Crippen LogP contribution is -2.49. The van der Waals surface area contributed by atoms with E-state index in [1.165, 1.54) is 17.5 Å². The molecule has 3 N–H and O–H groups in total. The number of primary amides is 1. The van der Waals surface area contributed by atoms with Crippen LogP contribution < -0.4 is 11.1 Å². The molecule has 3 heterocycles. The minimum atomic E-state index is -0.649. The van der Waals surface area contributed by atoms with Gasteiger partial charge in [0.1, 0.15) is 12.6 Å². The van der Waals surface area contributed by atoms with Crippen LogP contribution in [-0.4, -0.2) is 56.0 Å². The van der Waals surface area contributed by atoms with E-state index in [2.05, 4.69) is 22.3 Å². The van der Waals surface area contributed by atoms with E-state index in [4.69, 9.17) is 5.73 Å². The molecule has 31 heavy (non-hydrogen) atoms. The standard InChI is InChI=1S/C22H28N6O3/c1-12-3-2-4-13(12)9-25-22(31)17-8-14-7-16(14)28(17)19(29)11-27-18-10-24-6-5-15(18)20(26-27)21(23)30/h5-6,10,12-14,16-17H,2-4,7-9,11H2,1H3,(H2,23,30)(H,25,31)/t12?,13?,14?,16-,17+/m1/s1. The zero-order chi connectivity index (χ0) is 21.7. The molecule has 3 unspecified atom stereocenters. The molecule has 2 aliphatic carbocycles. The number of likely N-dealkylation sites (tertiary alicyclic amines) is 1. The van der Waals surface area contributed by atoms with Crippen LogP contribution in [0.5, 0.6) is 0 Å². The number of amides is 3. The third-order valence-electron chi connectivity index (χ3n) is 7.34. The van der Waals surface area contributed by atoms with Gasteiger partial charge >= 0.3 is 0 Å². The van der Waals surface area contributed by atoms with Crippen LogP contribution in [0.2, 0.25) is 0 Å². The lowest BCUT2D eigenvalue weighted by molar-refractivity contribution is -0.140. The molecule has 0 aromatic carbocycles. The Balaban J connectivity index is 1.31. The van der Waals surface area contributed by atoms with Crippen LogP contribution in [-0.2, 0) is 16.1 Å². The molecule has 3 amide bonds. The second kappa shape index (κ2) is 7.62. The molecule has 3 aliphatic rings. The summed E-state index contributed by atoms with van der Waals surface area (Å²) in [5, 5.41) is 7.94. The molecule has 2 aromatic heterocycles. The first-order valence-corrected chi connectivity index (χ1v) is 11.1. The number of nitrogens with zero attached hydrogens (tertiary/aromatic N) is 4. The van der Waals surface area contributed by atoms with Gasteiger partial charge in [-0.15, -0.1) is 0 Å². The summed E-state index contributed by atoms with van der Waals surface area (Å²) in [7, 11) is 0. The molecule has 164 valence electrons. The second-order valence-electron chi connectivity index (χ2n) is 9.29. The maximum Gasteiger partial charge on any atom is 0.269 e. The number of carbonyl (C=O) groups excluding carboxylic acids is 3. The summed E-state index contributed by atoms with van der Waals surface area (Å²) in [6.45, 7) is 2.88. The van der Waals surface area contributed by atoms with Gasteiger partial charge in [-0.05, 0) is 43.1 Å². The van der Waals surface area contributed by atoms with Crippen molar-refractivity contribution in [2.24, 2.45) is 23.5 Å². The summed E-state index contributed by atoms with van der Waals surface area (Å²) in [6, 6.07) is 1.36. The molecule has 2 saturated carbocycles. The maximum absolute atomic E-state index is 13.3. The SMILES string of the molecule is CC1CCCC1CNC(=O)[C@@H]1CC2C[C@H]2N1C(=O)Cn1nc(C(N)=O)c2ccncc21. The molecule has 5 atom stereocenters. The zero-order valence-corrected chi connectivity index (χ0v) is 17.7. The molecule has 0 spiro atoms. The summed E-state index contributed by atoms with van der Waals surface area (Å²) >= 11 is 0. The lowest BCUT2D eigenvalue weighted by atomic mass is 9.98. The summed E-state index contributed by atoms with van der Waals surface area (Å²) < 4.78 is 1.47. The topological polar surface area (TPSA) is 123 Å². The van der Waals surface area contributed by atoms with Crippen molar-refractivity contribution >= 4 is 28.6 Å². The predicted molar refractivity (Wildman–Crippen MR) is 113 cm³/mol. The number of rotatable bonds is 6. The van der Waals surface area contributed by atoms with Crippen LogP contribution in [0.1, 0.15) is 49.5 Å². The Labute approximate surface area is 180 Å². The highest BCUT2D eigenvalue weighted by molar-refractivity contribution is 6.04. The predicted octanol–water partition coefficient (Wildman–Crippen LogP) is 1.07. The highest BCUT2D eigenvalue weighted by Gasteiger charge is 2.56. The van der Waals surface area contributed by atoms with Crippen LogP contribution in [0, 0.1) is 17.8 Å². The van der Waals surface area contributed by atoms with Crippen LogP contribution in [0.25, 0.3) is 10.9 Å².